The summed E-state index contributed by atoms with van der Waals surface area (Å²) in [6, 6.07) is 15.7. The molecule has 0 aromatic heterocycles. The summed E-state index contributed by atoms with van der Waals surface area (Å²) in [5.41, 5.74) is 0.424. The van der Waals surface area contributed by atoms with Gasteiger partial charge in [-0.3, -0.25) is 9.59 Å². The largest absolute Gasteiger partial charge is 0.480 e. The lowest BCUT2D eigenvalue weighted by Gasteiger charge is -2.22. The third kappa shape index (κ3) is 4.37. The molecule has 0 aliphatic heterocycles. The predicted octanol–water partition coefficient (Wildman–Crippen LogP) is 3.77. The van der Waals surface area contributed by atoms with Crippen molar-refractivity contribution in [2.75, 3.05) is 6.61 Å². The van der Waals surface area contributed by atoms with Gasteiger partial charge in [-0.2, -0.15) is 0 Å². The molecule has 6 nitrogen and oxygen atoms in total. The number of nitrogens with one attached hydrogen (secondary N) is 1. The standard InChI is InChI=1S/C23H23NO5/c1-3-29-19(25)12-14(2)21(23(27)28)24-22(26)20-17-10-6-4-8-15(17)13-16-9-5-7-11-18(16)20/h4-11,13-14,21H,3,12H2,1-2H3,(H,24,26)(H,27,28)/t14-,21+/m0/s1. The quantitative estimate of drug-likeness (QED) is 0.471. The average Bonchev–Trinajstić information content (AvgIpc) is 2.69. The van der Waals surface area contributed by atoms with Crippen LogP contribution < -0.4 is 5.32 Å². The van der Waals surface area contributed by atoms with Crippen LogP contribution in [0.25, 0.3) is 21.5 Å². The van der Waals surface area contributed by atoms with E-state index >= 15 is 0 Å². The van der Waals surface area contributed by atoms with Crippen LogP contribution in [0.5, 0.6) is 0 Å². The van der Waals surface area contributed by atoms with Crippen LogP contribution in [0.15, 0.2) is 54.6 Å². The normalized spacial score (nSPS) is 13.0. The molecule has 0 saturated heterocycles. The number of rotatable bonds is 7. The number of hydrogen-bond acceptors (Lipinski definition) is 4. The third-order valence-corrected chi connectivity index (χ3v) is 4.91. The molecule has 0 bridgehead atoms. The Kier molecular flexibility index (Phi) is 6.12. The Morgan fingerprint density at radius 1 is 1.00 bits per heavy atom. The number of fused-ring (bicyclic) bond motifs is 2. The summed E-state index contributed by atoms with van der Waals surface area (Å²) in [4.78, 5) is 36.8. The van der Waals surface area contributed by atoms with E-state index in [2.05, 4.69) is 5.32 Å². The Labute approximate surface area is 168 Å². The Hall–Kier alpha value is -3.41. The van der Waals surface area contributed by atoms with Crippen LogP contribution in [0, 0.1) is 5.92 Å². The van der Waals surface area contributed by atoms with Crippen molar-refractivity contribution in [3.8, 4) is 0 Å². The highest BCUT2D eigenvalue weighted by molar-refractivity contribution is 6.18. The SMILES string of the molecule is CCOC(=O)C[C@H](C)[C@@H](NC(=O)c1c2ccccc2cc2ccccc12)C(=O)O. The van der Waals surface area contributed by atoms with Crippen LogP contribution in [-0.2, 0) is 14.3 Å². The molecule has 0 aliphatic carbocycles. The summed E-state index contributed by atoms with van der Waals surface area (Å²) in [5, 5.41) is 15.5. The number of benzene rings is 3. The number of esters is 1. The van der Waals surface area contributed by atoms with Crippen molar-refractivity contribution in [3.63, 3.8) is 0 Å². The van der Waals surface area contributed by atoms with Gasteiger partial charge >= 0.3 is 11.9 Å². The number of ether oxygens (including phenoxy) is 1. The van der Waals surface area contributed by atoms with E-state index in [9.17, 15) is 19.5 Å². The van der Waals surface area contributed by atoms with Crippen LogP contribution in [0.4, 0.5) is 0 Å². The molecule has 0 fully saturated rings. The average molecular weight is 393 g/mol. The lowest BCUT2D eigenvalue weighted by atomic mass is 9.94. The molecule has 150 valence electrons. The van der Waals surface area contributed by atoms with Crippen molar-refractivity contribution >= 4 is 39.4 Å². The highest BCUT2D eigenvalue weighted by atomic mass is 16.5. The van der Waals surface area contributed by atoms with E-state index < -0.39 is 29.8 Å². The zero-order valence-corrected chi connectivity index (χ0v) is 16.3. The Balaban J connectivity index is 1.99. The second-order valence-electron chi connectivity index (χ2n) is 6.97. The minimum absolute atomic E-state index is 0.0959. The van der Waals surface area contributed by atoms with Gasteiger partial charge in [0, 0.05) is 0 Å². The lowest BCUT2D eigenvalue weighted by Crippen LogP contribution is -2.45. The fraction of sp³-hybridized carbons (Fsp3) is 0.261. The fourth-order valence-electron chi connectivity index (χ4n) is 3.52. The van der Waals surface area contributed by atoms with Gasteiger partial charge in [0.1, 0.15) is 6.04 Å². The van der Waals surface area contributed by atoms with Crippen molar-refractivity contribution in [3.05, 3.63) is 60.2 Å². The Morgan fingerprint density at radius 2 is 1.55 bits per heavy atom. The van der Waals surface area contributed by atoms with Crippen LogP contribution in [0.2, 0.25) is 0 Å². The maximum absolute atomic E-state index is 13.2. The van der Waals surface area contributed by atoms with Crippen molar-refractivity contribution in [2.45, 2.75) is 26.3 Å². The summed E-state index contributed by atoms with van der Waals surface area (Å²) in [6.45, 7) is 3.51. The number of carbonyl (C=O) groups is 3. The van der Waals surface area contributed by atoms with E-state index in [0.717, 1.165) is 21.5 Å². The molecule has 0 heterocycles. The van der Waals surface area contributed by atoms with Gasteiger partial charge in [-0.05, 0) is 40.5 Å². The number of amides is 1. The van der Waals surface area contributed by atoms with Gasteiger partial charge < -0.3 is 15.2 Å². The van der Waals surface area contributed by atoms with Gasteiger partial charge in [0.25, 0.3) is 5.91 Å². The monoisotopic (exact) mass is 393 g/mol. The molecule has 0 aliphatic rings. The first-order chi connectivity index (χ1) is 13.9. The summed E-state index contributed by atoms with van der Waals surface area (Å²) in [7, 11) is 0. The first-order valence-corrected chi connectivity index (χ1v) is 9.52. The third-order valence-electron chi connectivity index (χ3n) is 4.91. The van der Waals surface area contributed by atoms with E-state index in [0.29, 0.717) is 5.56 Å². The molecule has 0 radical (unpaired) electrons. The van der Waals surface area contributed by atoms with Gasteiger partial charge in [-0.15, -0.1) is 0 Å². The van der Waals surface area contributed by atoms with Crippen molar-refractivity contribution in [2.24, 2.45) is 5.92 Å². The first-order valence-electron chi connectivity index (χ1n) is 9.52. The van der Waals surface area contributed by atoms with E-state index in [4.69, 9.17) is 4.74 Å². The van der Waals surface area contributed by atoms with Gasteiger partial charge in [0.15, 0.2) is 0 Å². The van der Waals surface area contributed by atoms with Gasteiger partial charge in [-0.25, -0.2) is 4.79 Å². The van der Waals surface area contributed by atoms with E-state index in [1.165, 1.54) is 0 Å². The zero-order valence-electron chi connectivity index (χ0n) is 16.3. The lowest BCUT2D eigenvalue weighted by molar-refractivity contribution is -0.145. The molecule has 3 rings (SSSR count). The molecular formula is C23H23NO5. The number of aliphatic carboxylic acids is 1. The van der Waals surface area contributed by atoms with Gasteiger partial charge in [0.2, 0.25) is 0 Å². The molecule has 2 atom stereocenters. The molecule has 0 spiro atoms. The minimum Gasteiger partial charge on any atom is -0.480 e. The second kappa shape index (κ2) is 8.73. The summed E-state index contributed by atoms with van der Waals surface area (Å²) >= 11 is 0. The molecule has 0 unspecified atom stereocenters. The smallest absolute Gasteiger partial charge is 0.326 e. The number of carboxylic acids is 1. The first kappa shape index (κ1) is 20.3. The van der Waals surface area contributed by atoms with Crippen molar-refractivity contribution < 1.29 is 24.2 Å². The van der Waals surface area contributed by atoms with Crippen LogP contribution in [0.3, 0.4) is 0 Å². The summed E-state index contributed by atoms with van der Waals surface area (Å²) in [5.74, 6) is -2.80. The number of carboxylic acid groups (broad SMARTS) is 1. The Bertz CT molecular complexity index is 1020. The molecular weight excluding hydrogens is 370 g/mol. The molecule has 0 saturated carbocycles. The summed E-state index contributed by atoms with van der Waals surface area (Å²) < 4.78 is 4.90. The van der Waals surface area contributed by atoms with Crippen molar-refractivity contribution in [1.82, 2.24) is 5.32 Å². The highest BCUT2D eigenvalue weighted by Gasteiger charge is 2.30. The molecule has 1 amide bonds. The van der Waals surface area contributed by atoms with Gasteiger partial charge in [0.05, 0.1) is 18.6 Å². The molecule has 3 aromatic carbocycles. The number of carbonyl (C=O) groups excluding carboxylic acids is 2. The molecule has 6 heteroatoms. The zero-order chi connectivity index (χ0) is 21.0. The molecule has 3 aromatic rings. The van der Waals surface area contributed by atoms with Crippen LogP contribution in [0.1, 0.15) is 30.6 Å². The van der Waals surface area contributed by atoms with Crippen molar-refractivity contribution in [1.29, 1.82) is 0 Å². The summed E-state index contributed by atoms with van der Waals surface area (Å²) in [6.07, 6.45) is -0.0959. The Morgan fingerprint density at radius 3 is 2.07 bits per heavy atom. The molecule has 2 N–H and O–H groups in total. The molecule has 29 heavy (non-hydrogen) atoms. The van der Waals surface area contributed by atoms with Crippen LogP contribution >= 0.6 is 0 Å². The minimum atomic E-state index is -1.22. The van der Waals surface area contributed by atoms with E-state index in [-0.39, 0.29) is 13.0 Å². The highest BCUT2D eigenvalue weighted by Crippen LogP contribution is 2.28. The van der Waals surface area contributed by atoms with Gasteiger partial charge in [-0.1, -0.05) is 55.5 Å². The van der Waals surface area contributed by atoms with E-state index in [1.54, 1.807) is 13.8 Å². The second-order valence-corrected chi connectivity index (χ2v) is 6.97. The maximum Gasteiger partial charge on any atom is 0.326 e. The fourth-order valence-corrected chi connectivity index (χ4v) is 3.52. The number of hydrogen-bond donors (Lipinski definition) is 2. The van der Waals surface area contributed by atoms with E-state index in [1.807, 2.05) is 54.6 Å². The predicted molar refractivity (Wildman–Crippen MR) is 111 cm³/mol. The topological polar surface area (TPSA) is 92.7 Å². The maximum atomic E-state index is 13.2. The van der Waals surface area contributed by atoms with Crippen LogP contribution in [-0.4, -0.2) is 35.6 Å².